The minimum Gasteiger partial charge on any atom is -0.454 e. The van der Waals surface area contributed by atoms with Crippen LogP contribution >= 0.6 is 11.6 Å². The van der Waals surface area contributed by atoms with Gasteiger partial charge in [-0.05, 0) is 48.5 Å². The van der Waals surface area contributed by atoms with E-state index in [9.17, 15) is 19.2 Å². The van der Waals surface area contributed by atoms with Crippen molar-refractivity contribution in [3.05, 3.63) is 88.9 Å². The average molecular weight is 478 g/mol. The number of Topliss-reactive ketones (excluding diaryl/α,β-unsaturated/α-hetero) is 1. The van der Waals surface area contributed by atoms with E-state index < -0.39 is 24.4 Å². The van der Waals surface area contributed by atoms with Crippen LogP contribution in [0.5, 0.6) is 0 Å². The summed E-state index contributed by atoms with van der Waals surface area (Å²) in [5, 5.41) is 8.81. The maximum atomic E-state index is 12.4. The summed E-state index contributed by atoms with van der Waals surface area (Å²) in [5.74, 6) is -1.75. The van der Waals surface area contributed by atoms with Crippen molar-refractivity contribution >= 4 is 52.2 Å². The van der Waals surface area contributed by atoms with Crippen LogP contribution in [-0.2, 0) is 14.3 Å². The second-order valence-corrected chi connectivity index (χ2v) is 7.95. The fraction of sp³-hybridized carbons (Fsp3) is 0.120. The molecule has 8 nitrogen and oxygen atoms in total. The molecule has 0 radical (unpaired) electrons. The number of carbonyl (C=O) groups excluding carboxylic acids is 4. The quantitative estimate of drug-likeness (QED) is 0.348. The van der Waals surface area contributed by atoms with Gasteiger partial charge in [-0.25, -0.2) is 4.79 Å². The predicted octanol–water partition coefficient (Wildman–Crippen LogP) is 4.14. The lowest BCUT2D eigenvalue weighted by atomic mass is 10.1. The fourth-order valence-electron chi connectivity index (χ4n) is 3.40. The van der Waals surface area contributed by atoms with Crippen LogP contribution in [0.3, 0.4) is 0 Å². The van der Waals surface area contributed by atoms with Gasteiger partial charge < -0.3 is 20.7 Å². The van der Waals surface area contributed by atoms with Crippen LogP contribution in [0.2, 0.25) is 5.02 Å². The fourth-order valence-corrected chi connectivity index (χ4v) is 3.64. The number of nitrogens with one attached hydrogen (secondary N) is 3. The number of carbonyl (C=O) groups is 4. The van der Waals surface area contributed by atoms with Crippen molar-refractivity contribution in [2.24, 2.45) is 0 Å². The summed E-state index contributed by atoms with van der Waals surface area (Å²) in [5.41, 5.74) is 2.36. The SMILES string of the molecule is O=C(CC1Nc2ccccc2NC1=O)Nc1ccc(C(=O)OCC(=O)c2ccccc2Cl)cc1. The summed E-state index contributed by atoms with van der Waals surface area (Å²) in [6.45, 7) is -0.444. The van der Waals surface area contributed by atoms with Crippen molar-refractivity contribution in [3.63, 3.8) is 0 Å². The third-order valence-electron chi connectivity index (χ3n) is 5.13. The number of esters is 1. The molecule has 1 atom stereocenters. The predicted molar refractivity (Wildman–Crippen MR) is 128 cm³/mol. The molecule has 1 aliphatic heterocycles. The van der Waals surface area contributed by atoms with Crippen LogP contribution in [0.25, 0.3) is 0 Å². The summed E-state index contributed by atoms with van der Waals surface area (Å²) in [6.07, 6.45) is -0.0753. The van der Waals surface area contributed by atoms with Crippen molar-refractivity contribution < 1.29 is 23.9 Å². The Balaban J connectivity index is 1.29. The van der Waals surface area contributed by atoms with Gasteiger partial charge in [-0.2, -0.15) is 0 Å². The number of rotatable bonds is 7. The number of ether oxygens (including phenoxy) is 1. The van der Waals surface area contributed by atoms with Crippen molar-refractivity contribution in [1.82, 2.24) is 0 Å². The second-order valence-electron chi connectivity index (χ2n) is 7.54. The van der Waals surface area contributed by atoms with E-state index in [2.05, 4.69) is 16.0 Å². The Kier molecular flexibility index (Phi) is 6.89. The molecular weight excluding hydrogens is 458 g/mol. The summed E-state index contributed by atoms with van der Waals surface area (Å²) in [4.78, 5) is 49.1. The largest absolute Gasteiger partial charge is 0.454 e. The molecule has 1 aliphatic rings. The normalized spacial score (nSPS) is 14.3. The highest BCUT2D eigenvalue weighted by atomic mass is 35.5. The Hall–Kier alpha value is -4.17. The van der Waals surface area contributed by atoms with E-state index in [1.807, 2.05) is 18.2 Å². The summed E-state index contributed by atoms with van der Waals surface area (Å²) >= 11 is 5.98. The van der Waals surface area contributed by atoms with E-state index in [0.717, 1.165) is 5.69 Å². The maximum absolute atomic E-state index is 12.4. The first kappa shape index (κ1) is 23.0. The molecule has 1 unspecified atom stereocenters. The van der Waals surface area contributed by atoms with Crippen LogP contribution in [0, 0.1) is 0 Å². The molecule has 34 heavy (non-hydrogen) atoms. The molecule has 0 aromatic heterocycles. The Morgan fingerprint density at radius 3 is 2.32 bits per heavy atom. The molecule has 0 saturated heterocycles. The van der Waals surface area contributed by atoms with E-state index in [1.165, 1.54) is 24.3 Å². The molecule has 3 aromatic carbocycles. The molecule has 0 saturated carbocycles. The highest BCUT2D eigenvalue weighted by molar-refractivity contribution is 6.34. The van der Waals surface area contributed by atoms with Crippen LogP contribution in [0.4, 0.5) is 17.1 Å². The minimum absolute atomic E-state index is 0.0753. The first-order chi connectivity index (χ1) is 16.4. The molecule has 3 N–H and O–H groups in total. The average Bonchev–Trinajstić information content (AvgIpc) is 2.83. The van der Waals surface area contributed by atoms with E-state index >= 15 is 0 Å². The highest BCUT2D eigenvalue weighted by Crippen LogP contribution is 2.27. The molecule has 0 bridgehead atoms. The third kappa shape index (κ3) is 5.41. The molecule has 4 rings (SSSR count). The zero-order valence-electron chi connectivity index (χ0n) is 17.8. The molecule has 3 aromatic rings. The van der Waals surface area contributed by atoms with E-state index in [4.69, 9.17) is 16.3 Å². The molecule has 172 valence electrons. The molecular formula is C25H20ClN3O5. The summed E-state index contributed by atoms with van der Waals surface area (Å²) in [7, 11) is 0. The van der Waals surface area contributed by atoms with Gasteiger partial charge in [0.2, 0.25) is 17.6 Å². The number of hydrogen-bond donors (Lipinski definition) is 3. The van der Waals surface area contributed by atoms with Gasteiger partial charge in [0, 0.05) is 11.3 Å². The van der Waals surface area contributed by atoms with Gasteiger partial charge >= 0.3 is 5.97 Å². The van der Waals surface area contributed by atoms with Crippen LogP contribution in [-0.4, -0.2) is 36.2 Å². The maximum Gasteiger partial charge on any atom is 0.338 e. The summed E-state index contributed by atoms with van der Waals surface area (Å²) in [6, 6.07) is 19.1. The number of hydrogen-bond acceptors (Lipinski definition) is 6. The number of fused-ring (bicyclic) bond motifs is 1. The van der Waals surface area contributed by atoms with Crippen LogP contribution in [0.1, 0.15) is 27.1 Å². The van der Waals surface area contributed by atoms with Crippen LogP contribution < -0.4 is 16.0 Å². The first-order valence-corrected chi connectivity index (χ1v) is 10.8. The monoisotopic (exact) mass is 477 g/mol. The van der Waals surface area contributed by atoms with Crippen molar-refractivity contribution in [2.75, 3.05) is 22.6 Å². The van der Waals surface area contributed by atoms with Gasteiger partial charge in [-0.3, -0.25) is 14.4 Å². The van der Waals surface area contributed by atoms with Crippen molar-refractivity contribution in [1.29, 1.82) is 0 Å². The number of amides is 2. The molecule has 1 heterocycles. The Labute approximate surface area is 200 Å². The number of halogens is 1. The summed E-state index contributed by atoms with van der Waals surface area (Å²) < 4.78 is 5.07. The molecule has 2 amide bonds. The van der Waals surface area contributed by atoms with Crippen molar-refractivity contribution in [3.8, 4) is 0 Å². The van der Waals surface area contributed by atoms with E-state index in [0.29, 0.717) is 11.4 Å². The number of para-hydroxylation sites is 2. The standard InChI is InChI=1S/C25H20ClN3O5/c26-18-6-2-1-5-17(18)22(30)14-34-25(33)15-9-11-16(12-10-15)27-23(31)13-21-24(32)29-20-8-4-3-7-19(20)28-21/h1-12,21,28H,13-14H2,(H,27,31)(H,29,32). The zero-order chi connectivity index (χ0) is 24.1. The minimum atomic E-state index is -0.709. The lowest BCUT2D eigenvalue weighted by Crippen LogP contribution is -2.41. The highest BCUT2D eigenvalue weighted by Gasteiger charge is 2.27. The van der Waals surface area contributed by atoms with Gasteiger partial charge in [0.05, 0.1) is 28.4 Å². The van der Waals surface area contributed by atoms with Gasteiger partial charge in [-0.15, -0.1) is 0 Å². The molecule has 9 heteroatoms. The third-order valence-corrected chi connectivity index (χ3v) is 5.46. The number of anilines is 3. The molecule has 0 aliphatic carbocycles. The Morgan fingerprint density at radius 2 is 1.59 bits per heavy atom. The van der Waals surface area contributed by atoms with Gasteiger partial charge in [-0.1, -0.05) is 35.9 Å². The van der Waals surface area contributed by atoms with Gasteiger partial charge in [0.1, 0.15) is 6.04 Å². The van der Waals surface area contributed by atoms with E-state index in [1.54, 1.807) is 30.3 Å². The Bertz CT molecular complexity index is 1260. The lowest BCUT2D eigenvalue weighted by molar-refractivity contribution is -0.122. The smallest absolute Gasteiger partial charge is 0.338 e. The Morgan fingerprint density at radius 1 is 0.912 bits per heavy atom. The van der Waals surface area contributed by atoms with E-state index in [-0.39, 0.29) is 34.4 Å². The number of benzene rings is 3. The number of ketones is 1. The van der Waals surface area contributed by atoms with Gasteiger partial charge in [0.15, 0.2) is 6.61 Å². The topological polar surface area (TPSA) is 114 Å². The van der Waals surface area contributed by atoms with Crippen LogP contribution in [0.15, 0.2) is 72.8 Å². The second kappa shape index (κ2) is 10.2. The zero-order valence-corrected chi connectivity index (χ0v) is 18.6. The molecule has 0 fully saturated rings. The van der Waals surface area contributed by atoms with Gasteiger partial charge in [0.25, 0.3) is 0 Å². The molecule has 0 spiro atoms. The van der Waals surface area contributed by atoms with Crippen molar-refractivity contribution in [2.45, 2.75) is 12.5 Å². The first-order valence-electron chi connectivity index (χ1n) is 10.4. The lowest BCUT2D eigenvalue weighted by Gasteiger charge is -2.26.